The number of rotatable bonds is 2. The molecule has 26 heavy (non-hydrogen) atoms. The van der Waals surface area contributed by atoms with Crippen molar-refractivity contribution in [2.75, 3.05) is 13.1 Å². The Morgan fingerprint density at radius 1 is 1.23 bits per heavy atom. The van der Waals surface area contributed by atoms with Crippen molar-refractivity contribution in [2.24, 2.45) is 0 Å². The lowest BCUT2D eigenvalue weighted by molar-refractivity contribution is -0.140. The number of amides is 1. The van der Waals surface area contributed by atoms with Crippen LogP contribution in [-0.4, -0.2) is 40.0 Å². The minimum atomic E-state index is -0.388. The predicted octanol–water partition coefficient (Wildman–Crippen LogP) is 2.18. The van der Waals surface area contributed by atoms with Crippen molar-refractivity contribution in [3.63, 3.8) is 0 Å². The van der Waals surface area contributed by atoms with Crippen LogP contribution in [0.5, 0.6) is 5.75 Å². The zero-order valence-electron chi connectivity index (χ0n) is 14.9. The first-order chi connectivity index (χ1) is 12.6. The molecular formula is C20H23N3O3. The Balaban J connectivity index is 1.39. The van der Waals surface area contributed by atoms with Crippen molar-refractivity contribution in [2.45, 2.75) is 44.6 Å². The number of para-hydroxylation sites is 1. The van der Waals surface area contributed by atoms with E-state index in [0.717, 1.165) is 37.1 Å². The number of aromatic nitrogens is 2. The summed E-state index contributed by atoms with van der Waals surface area (Å²) in [6.07, 6.45) is 2.86. The van der Waals surface area contributed by atoms with E-state index in [-0.39, 0.29) is 23.5 Å². The Morgan fingerprint density at radius 3 is 2.77 bits per heavy atom. The van der Waals surface area contributed by atoms with Gasteiger partial charge >= 0.3 is 0 Å². The molecule has 2 aliphatic heterocycles. The van der Waals surface area contributed by atoms with Crippen molar-refractivity contribution >= 4 is 5.91 Å². The van der Waals surface area contributed by atoms with E-state index in [9.17, 15) is 9.59 Å². The number of aryl methyl sites for hydroxylation is 2. The van der Waals surface area contributed by atoms with Gasteiger partial charge in [-0.2, -0.15) is 0 Å². The van der Waals surface area contributed by atoms with E-state index >= 15 is 0 Å². The van der Waals surface area contributed by atoms with Crippen LogP contribution >= 0.6 is 0 Å². The van der Waals surface area contributed by atoms with Gasteiger partial charge in [-0.25, -0.2) is 4.98 Å². The van der Waals surface area contributed by atoms with Gasteiger partial charge in [0.05, 0.1) is 5.69 Å². The summed E-state index contributed by atoms with van der Waals surface area (Å²) in [5, 5.41) is 0. The highest BCUT2D eigenvalue weighted by Gasteiger charge is 2.32. The van der Waals surface area contributed by atoms with Gasteiger partial charge in [-0.1, -0.05) is 18.2 Å². The summed E-state index contributed by atoms with van der Waals surface area (Å²) in [4.78, 5) is 33.5. The molecule has 2 aromatic rings. The molecule has 1 N–H and O–H groups in total. The predicted molar refractivity (Wildman–Crippen MR) is 97.3 cm³/mol. The molecule has 136 valence electrons. The Hall–Kier alpha value is -2.63. The highest BCUT2D eigenvalue weighted by atomic mass is 16.5. The zero-order chi connectivity index (χ0) is 18.1. The Bertz CT molecular complexity index is 869. The second-order valence-electron chi connectivity index (χ2n) is 7.11. The monoisotopic (exact) mass is 353 g/mol. The fourth-order valence-electron chi connectivity index (χ4n) is 3.91. The highest BCUT2D eigenvalue weighted by molar-refractivity contribution is 5.81. The van der Waals surface area contributed by atoms with E-state index in [4.69, 9.17) is 4.74 Å². The number of aromatic amines is 1. The van der Waals surface area contributed by atoms with Crippen molar-refractivity contribution in [1.82, 2.24) is 14.9 Å². The summed E-state index contributed by atoms with van der Waals surface area (Å²) < 4.78 is 5.94. The average molecular weight is 353 g/mol. The first kappa shape index (κ1) is 16.8. The largest absolute Gasteiger partial charge is 0.480 e. The molecule has 1 aromatic heterocycles. The molecule has 1 atom stereocenters. The molecule has 1 aromatic carbocycles. The standard InChI is InChI=1S/C20H23N3O3/c1-13-21-16(12-19(24)22-13)14-8-10-23(11-9-14)20(25)18-7-6-15-4-2-3-5-17(15)26-18/h2-5,12,14,18H,6-11H2,1H3,(H,21,22,24)/t18-/m0/s1. The maximum Gasteiger partial charge on any atom is 0.263 e. The van der Waals surface area contributed by atoms with Crippen LogP contribution in [0.1, 0.15) is 42.3 Å². The van der Waals surface area contributed by atoms with Crippen LogP contribution in [-0.2, 0) is 11.2 Å². The number of carbonyl (C=O) groups excluding carboxylic acids is 1. The van der Waals surface area contributed by atoms with E-state index in [2.05, 4.69) is 16.0 Å². The van der Waals surface area contributed by atoms with Gasteiger partial charge in [0.15, 0.2) is 6.10 Å². The molecule has 3 heterocycles. The molecule has 1 amide bonds. The minimum Gasteiger partial charge on any atom is -0.480 e. The van der Waals surface area contributed by atoms with Gasteiger partial charge in [-0.05, 0) is 44.2 Å². The number of likely N-dealkylation sites (tertiary alicyclic amines) is 1. The number of carbonyl (C=O) groups is 1. The third kappa shape index (κ3) is 3.36. The molecular weight excluding hydrogens is 330 g/mol. The molecule has 2 aliphatic rings. The molecule has 0 aliphatic carbocycles. The van der Waals surface area contributed by atoms with E-state index in [1.807, 2.05) is 23.1 Å². The van der Waals surface area contributed by atoms with Crippen LogP contribution in [0.15, 0.2) is 35.1 Å². The summed E-state index contributed by atoms with van der Waals surface area (Å²) in [6.45, 7) is 3.15. The molecule has 0 saturated carbocycles. The van der Waals surface area contributed by atoms with Crippen LogP contribution in [0.4, 0.5) is 0 Å². The smallest absolute Gasteiger partial charge is 0.263 e. The summed E-state index contributed by atoms with van der Waals surface area (Å²) in [5.41, 5.74) is 1.90. The molecule has 1 fully saturated rings. The number of hydrogen-bond donors (Lipinski definition) is 1. The molecule has 0 bridgehead atoms. The molecule has 6 nitrogen and oxygen atoms in total. The van der Waals surface area contributed by atoms with Crippen molar-refractivity contribution < 1.29 is 9.53 Å². The second kappa shape index (κ2) is 6.94. The second-order valence-corrected chi connectivity index (χ2v) is 7.11. The molecule has 0 spiro atoms. The van der Waals surface area contributed by atoms with Crippen LogP contribution < -0.4 is 10.3 Å². The van der Waals surface area contributed by atoms with Gasteiger partial charge in [0.2, 0.25) is 0 Å². The van der Waals surface area contributed by atoms with Crippen molar-refractivity contribution in [3.05, 3.63) is 57.8 Å². The van der Waals surface area contributed by atoms with Crippen LogP contribution in [0.3, 0.4) is 0 Å². The quantitative estimate of drug-likeness (QED) is 0.898. The topological polar surface area (TPSA) is 75.3 Å². The first-order valence-electron chi connectivity index (χ1n) is 9.21. The van der Waals surface area contributed by atoms with E-state index < -0.39 is 0 Å². The zero-order valence-corrected chi connectivity index (χ0v) is 14.9. The summed E-state index contributed by atoms with van der Waals surface area (Å²) in [5.74, 6) is 1.77. The van der Waals surface area contributed by atoms with Crippen molar-refractivity contribution in [1.29, 1.82) is 0 Å². The normalized spacial score (nSPS) is 20.3. The number of hydrogen-bond acceptors (Lipinski definition) is 4. The number of nitrogens with zero attached hydrogens (tertiary/aromatic N) is 2. The lowest BCUT2D eigenvalue weighted by atomic mass is 9.92. The van der Waals surface area contributed by atoms with E-state index in [1.165, 1.54) is 5.56 Å². The van der Waals surface area contributed by atoms with Crippen LogP contribution in [0, 0.1) is 6.92 Å². The van der Waals surface area contributed by atoms with E-state index in [0.29, 0.717) is 18.9 Å². The Kier molecular flexibility index (Phi) is 4.49. The third-order valence-corrected chi connectivity index (χ3v) is 5.30. The number of H-pyrrole nitrogens is 1. The number of piperidine rings is 1. The lowest BCUT2D eigenvalue weighted by Gasteiger charge is -2.35. The fourth-order valence-corrected chi connectivity index (χ4v) is 3.91. The maximum absolute atomic E-state index is 12.8. The number of nitrogens with one attached hydrogen (secondary N) is 1. The van der Waals surface area contributed by atoms with Gasteiger partial charge in [0, 0.05) is 25.1 Å². The molecule has 0 radical (unpaired) electrons. The Labute approximate surface area is 152 Å². The van der Waals surface area contributed by atoms with Crippen LogP contribution in [0.2, 0.25) is 0 Å². The summed E-state index contributed by atoms with van der Waals surface area (Å²) >= 11 is 0. The van der Waals surface area contributed by atoms with Gasteiger partial charge in [0.1, 0.15) is 11.6 Å². The summed E-state index contributed by atoms with van der Waals surface area (Å²) in [6, 6.07) is 9.50. The first-order valence-corrected chi connectivity index (χ1v) is 9.21. The van der Waals surface area contributed by atoms with Gasteiger partial charge in [-0.15, -0.1) is 0 Å². The van der Waals surface area contributed by atoms with Crippen LogP contribution in [0.25, 0.3) is 0 Å². The SMILES string of the molecule is Cc1nc(C2CCN(C(=O)[C@@H]3CCc4ccccc4O3)CC2)cc(=O)[nH]1. The average Bonchev–Trinajstić information content (AvgIpc) is 2.66. The number of fused-ring (bicyclic) bond motifs is 1. The highest BCUT2D eigenvalue weighted by Crippen LogP contribution is 2.30. The molecule has 0 unspecified atom stereocenters. The number of benzene rings is 1. The fraction of sp³-hybridized carbons (Fsp3) is 0.450. The maximum atomic E-state index is 12.8. The number of ether oxygens (including phenoxy) is 1. The third-order valence-electron chi connectivity index (χ3n) is 5.30. The molecule has 1 saturated heterocycles. The minimum absolute atomic E-state index is 0.0769. The van der Waals surface area contributed by atoms with Gasteiger partial charge in [-0.3, -0.25) is 9.59 Å². The molecule has 6 heteroatoms. The Morgan fingerprint density at radius 2 is 2.00 bits per heavy atom. The summed E-state index contributed by atoms with van der Waals surface area (Å²) in [7, 11) is 0. The lowest BCUT2D eigenvalue weighted by Crippen LogP contribution is -2.46. The van der Waals surface area contributed by atoms with Crippen molar-refractivity contribution in [3.8, 4) is 5.75 Å². The van der Waals surface area contributed by atoms with E-state index in [1.54, 1.807) is 13.0 Å². The van der Waals surface area contributed by atoms with Gasteiger partial charge < -0.3 is 14.6 Å². The van der Waals surface area contributed by atoms with Gasteiger partial charge in [0.25, 0.3) is 11.5 Å². The molecule has 4 rings (SSSR count).